The van der Waals surface area contributed by atoms with E-state index in [0.717, 1.165) is 24.2 Å². The quantitative estimate of drug-likeness (QED) is 0.354. The summed E-state index contributed by atoms with van der Waals surface area (Å²) in [4.78, 5) is 0. The highest BCUT2D eigenvalue weighted by Crippen LogP contribution is 2.26. The molecule has 0 saturated heterocycles. The number of rotatable bonds is 7. The van der Waals surface area contributed by atoms with Crippen LogP contribution < -0.4 is 9.47 Å². The standard InChI is InChI=1S/C15H23NO3/c1-11(2)6-5-9-19-15-10-13(18-4)7-8-14(15)12(3)16-17/h7-8,10-11,17H,5-6,9H2,1-4H3/b16-12+. The first-order valence-corrected chi connectivity index (χ1v) is 6.58. The fourth-order valence-corrected chi connectivity index (χ4v) is 1.78. The number of benzene rings is 1. The Morgan fingerprint density at radius 3 is 2.68 bits per heavy atom. The number of ether oxygens (including phenoxy) is 2. The van der Waals surface area contributed by atoms with Crippen LogP contribution in [0.1, 0.15) is 39.2 Å². The van der Waals surface area contributed by atoms with E-state index in [1.54, 1.807) is 14.0 Å². The van der Waals surface area contributed by atoms with Gasteiger partial charge in [-0.2, -0.15) is 0 Å². The topological polar surface area (TPSA) is 51.0 Å². The van der Waals surface area contributed by atoms with Crippen molar-refractivity contribution in [1.29, 1.82) is 0 Å². The van der Waals surface area contributed by atoms with E-state index in [1.165, 1.54) is 0 Å². The second-order valence-corrected chi connectivity index (χ2v) is 4.93. The van der Waals surface area contributed by atoms with Crippen molar-refractivity contribution in [2.24, 2.45) is 11.1 Å². The minimum absolute atomic E-state index is 0.529. The third-order valence-corrected chi connectivity index (χ3v) is 2.91. The van der Waals surface area contributed by atoms with E-state index >= 15 is 0 Å². The molecule has 106 valence electrons. The number of oxime groups is 1. The predicted molar refractivity (Wildman–Crippen MR) is 76.6 cm³/mol. The van der Waals surface area contributed by atoms with Gasteiger partial charge in [0.25, 0.3) is 0 Å². The van der Waals surface area contributed by atoms with Gasteiger partial charge in [-0.25, -0.2) is 0 Å². The Morgan fingerprint density at radius 2 is 2.11 bits per heavy atom. The Kier molecular flexibility index (Phi) is 6.19. The molecule has 1 N–H and O–H groups in total. The molecular weight excluding hydrogens is 242 g/mol. The van der Waals surface area contributed by atoms with Gasteiger partial charge in [0, 0.05) is 11.6 Å². The zero-order chi connectivity index (χ0) is 14.3. The van der Waals surface area contributed by atoms with E-state index in [9.17, 15) is 0 Å². The summed E-state index contributed by atoms with van der Waals surface area (Å²) in [5, 5.41) is 12.1. The summed E-state index contributed by atoms with van der Waals surface area (Å²) in [6.07, 6.45) is 2.13. The van der Waals surface area contributed by atoms with Crippen LogP contribution in [0.15, 0.2) is 23.4 Å². The molecule has 0 aliphatic carbocycles. The Morgan fingerprint density at radius 1 is 1.37 bits per heavy atom. The van der Waals surface area contributed by atoms with Gasteiger partial charge in [0.15, 0.2) is 0 Å². The Bertz CT molecular complexity index is 427. The lowest BCUT2D eigenvalue weighted by molar-refractivity contribution is 0.294. The van der Waals surface area contributed by atoms with Gasteiger partial charge in [0.2, 0.25) is 0 Å². The summed E-state index contributed by atoms with van der Waals surface area (Å²) in [7, 11) is 1.62. The Hall–Kier alpha value is -1.71. The number of hydrogen-bond donors (Lipinski definition) is 1. The average Bonchev–Trinajstić information content (AvgIpc) is 2.42. The summed E-state index contributed by atoms with van der Waals surface area (Å²) < 4.78 is 11.0. The molecule has 0 spiro atoms. The molecule has 0 unspecified atom stereocenters. The van der Waals surface area contributed by atoms with Crippen molar-refractivity contribution < 1.29 is 14.7 Å². The SMILES string of the molecule is COc1ccc(/C(C)=N/O)c(OCCCC(C)C)c1. The molecule has 0 aromatic heterocycles. The van der Waals surface area contributed by atoms with Crippen molar-refractivity contribution in [3.8, 4) is 11.5 Å². The fraction of sp³-hybridized carbons (Fsp3) is 0.533. The summed E-state index contributed by atoms with van der Waals surface area (Å²) in [6.45, 7) is 6.78. The first-order chi connectivity index (χ1) is 9.08. The van der Waals surface area contributed by atoms with Crippen LogP contribution in [-0.4, -0.2) is 24.6 Å². The van der Waals surface area contributed by atoms with Crippen LogP contribution in [0, 0.1) is 5.92 Å². The molecular formula is C15H23NO3. The molecule has 0 heterocycles. The lowest BCUT2D eigenvalue weighted by atomic mass is 10.1. The molecule has 0 aliphatic heterocycles. The van der Waals surface area contributed by atoms with Crippen molar-refractivity contribution in [2.45, 2.75) is 33.6 Å². The highest BCUT2D eigenvalue weighted by Gasteiger charge is 2.09. The van der Waals surface area contributed by atoms with Gasteiger partial charge >= 0.3 is 0 Å². The van der Waals surface area contributed by atoms with E-state index < -0.39 is 0 Å². The normalized spacial score (nSPS) is 11.7. The zero-order valence-electron chi connectivity index (χ0n) is 12.1. The highest BCUT2D eigenvalue weighted by molar-refractivity contribution is 6.00. The third-order valence-electron chi connectivity index (χ3n) is 2.91. The minimum Gasteiger partial charge on any atom is -0.497 e. The maximum Gasteiger partial charge on any atom is 0.132 e. The lowest BCUT2D eigenvalue weighted by Gasteiger charge is -2.13. The van der Waals surface area contributed by atoms with Gasteiger partial charge in [0.05, 0.1) is 19.4 Å². The molecule has 1 aromatic rings. The third kappa shape index (κ3) is 4.81. The molecule has 1 rings (SSSR count). The number of hydrogen-bond acceptors (Lipinski definition) is 4. The van der Waals surface area contributed by atoms with Crippen molar-refractivity contribution in [1.82, 2.24) is 0 Å². The molecule has 0 fully saturated rings. The van der Waals surface area contributed by atoms with Gasteiger partial charge in [0.1, 0.15) is 11.5 Å². The van der Waals surface area contributed by atoms with Crippen LogP contribution in [0.4, 0.5) is 0 Å². The van der Waals surface area contributed by atoms with E-state index in [-0.39, 0.29) is 0 Å². The van der Waals surface area contributed by atoms with Crippen molar-refractivity contribution in [2.75, 3.05) is 13.7 Å². The number of methoxy groups -OCH3 is 1. The summed E-state index contributed by atoms with van der Waals surface area (Å²) in [6, 6.07) is 5.48. The molecule has 0 aliphatic rings. The molecule has 19 heavy (non-hydrogen) atoms. The second-order valence-electron chi connectivity index (χ2n) is 4.93. The Labute approximate surface area is 115 Å². The highest BCUT2D eigenvalue weighted by atomic mass is 16.5. The molecule has 0 bridgehead atoms. The molecule has 1 aromatic carbocycles. The molecule has 0 amide bonds. The van der Waals surface area contributed by atoms with Crippen molar-refractivity contribution in [3.05, 3.63) is 23.8 Å². The van der Waals surface area contributed by atoms with Gasteiger partial charge in [-0.3, -0.25) is 0 Å². The van der Waals surface area contributed by atoms with Crippen LogP contribution in [0.5, 0.6) is 11.5 Å². The molecule has 0 saturated carbocycles. The second kappa shape index (κ2) is 7.67. The first-order valence-electron chi connectivity index (χ1n) is 6.58. The maximum absolute atomic E-state index is 8.88. The molecule has 4 heteroatoms. The maximum atomic E-state index is 8.88. The van der Waals surface area contributed by atoms with Crippen LogP contribution in [0.2, 0.25) is 0 Å². The van der Waals surface area contributed by atoms with Crippen LogP contribution >= 0.6 is 0 Å². The fourth-order valence-electron chi connectivity index (χ4n) is 1.78. The zero-order valence-corrected chi connectivity index (χ0v) is 12.1. The van der Waals surface area contributed by atoms with Gasteiger partial charge in [-0.15, -0.1) is 0 Å². The largest absolute Gasteiger partial charge is 0.497 e. The first kappa shape index (κ1) is 15.3. The number of nitrogens with zero attached hydrogens (tertiary/aromatic N) is 1. The van der Waals surface area contributed by atoms with Gasteiger partial charge < -0.3 is 14.7 Å². The molecule has 4 nitrogen and oxygen atoms in total. The van der Waals surface area contributed by atoms with Crippen LogP contribution in [0.3, 0.4) is 0 Å². The minimum atomic E-state index is 0.529. The summed E-state index contributed by atoms with van der Waals surface area (Å²) in [5.41, 5.74) is 1.31. The average molecular weight is 265 g/mol. The van der Waals surface area contributed by atoms with E-state index in [0.29, 0.717) is 24.0 Å². The summed E-state index contributed by atoms with van der Waals surface area (Å²) >= 11 is 0. The smallest absolute Gasteiger partial charge is 0.132 e. The van der Waals surface area contributed by atoms with Crippen LogP contribution in [-0.2, 0) is 0 Å². The summed E-state index contributed by atoms with van der Waals surface area (Å²) in [5.74, 6) is 2.10. The van der Waals surface area contributed by atoms with Crippen molar-refractivity contribution >= 4 is 5.71 Å². The van der Waals surface area contributed by atoms with Crippen molar-refractivity contribution in [3.63, 3.8) is 0 Å². The monoisotopic (exact) mass is 265 g/mol. The molecule has 0 atom stereocenters. The van der Waals surface area contributed by atoms with Crippen LogP contribution in [0.25, 0.3) is 0 Å². The lowest BCUT2D eigenvalue weighted by Crippen LogP contribution is -2.05. The van der Waals surface area contributed by atoms with E-state index in [2.05, 4.69) is 19.0 Å². The molecule has 0 radical (unpaired) electrons. The van der Waals surface area contributed by atoms with Gasteiger partial charge in [-0.1, -0.05) is 19.0 Å². The Balaban J connectivity index is 2.77. The van der Waals surface area contributed by atoms with E-state index in [1.807, 2.05) is 18.2 Å². The predicted octanol–water partition coefficient (Wildman–Crippen LogP) is 3.71. The van der Waals surface area contributed by atoms with Gasteiger partial charge in [-0.05, 0) is 37.8 Å². The van der Waals surface area contributed by atoms with E-state index in [4.69, 9.17) is 14.7 Å².